The van der Waals surface area contributed by atoms with Crippen molar-refractivity contribution >= 4 is 5.82 Å². The molecular formula is C13H23N3O. The van der Waals surface area contributed by atoms with E-state index < -0.39 is 0 Å². The summed E-state index contributed by atoms with van der Waals surface area (Å²) in [6.45, 7) is 9.01. The topological polar surface area (TPSA) is 37.4 Å². The maximum absolute atomic E-state index is 5.75. The molecule has 1 heterocycles. The Bertz CT molecular complexity index is 328. The van der Waals surface area contributed by atoms with Crippen molar-refractivity contribution in [3.8, 4) is 5.75 Å². The number of pyridine rings is 1. The zero-order valence-electron chi connectivity index (χ0n) is 11.2. The van der Waals surface area contributed by atoms with E-state index in [1.54, 1.807) is 6.20 Å². The summed E-state index contributed by atoms with van der Waals surface area (Å²) < 4.78 is 5.75. The Labute approximate surface area is 104 Å². The van der Waals surface area contributed by atoms with Crippen molar-refractivity contribution in [3.63, 3.8) is 0 Å². The highest BCUT2D eigenvalue weighted by atomic mass is 16.5. The zero-order valence-corrected chi connectivity index (χ0v) is 11.2. The molecule has 17 heavy (non-hydrogen) atoms. The molecule has 0 bridgehead atoms. The van der Waals surface area contributed by atoms with Gasteiger partial charge >= 0.3 is 0 Å². The summed E-state index contributed by atoms with van der Waals surface area (Å²) >= 11 is 0. The summed E-state index contributed by atoms with van der Waals surface area (Å²) in [5, 5.41) is 3.30. The van der Waals surface area contributed by atoms with E-state index >= 15 is 0 Å². The fraction of sp³-hybridized carbons (Fsp3) is 0.615. The van der Waals surface area contributed by atoms with Crippen LogP contribution in [-0.4, -0.2) is 37.8 Å². The van der Waals surface area contributed by atoms with Crippen molar-refractivity contribution in [2.45, 2.75) is 26.9 Å². The average Bonchev–Trinajstić information content (AvgIpc) is 2.29. The minimum Gasteiger partial charge on any atom is -0.487 e. The number of anilines is 1. The summed E-state index contributed by atoms with van der Waals surface area (Å²) in [5.74, 6) is 1.75. The van der Waals surface area contributed by atoms with Gasteiger partial charge in [-0.1, -0.05) is 6.92 Å². The van der Waals surface area contributed by atoms with Crippen molar-refractivity contribution in [2.24, 2.45) is 0 Å². The molecule has 4 nitrogen and oxygen atoms in total. The molecular weight excluding hydrogens is 214 g/mol. The molecule has 0 fully saturated rings. The van der Waals surface area contributed by atoms with Crippen LogP contribution in [-0.2, 0) is 0 Å². The molecule has 0 amide bonds. The van der Waals surface area contributed by atoms with E-state index in [0.717, 1.165) is 31.2 Å². The third-order valence-corrected chi connectivity index (χ3v) is 2.35. The van der Waals surface area contributed by atoms with Gasteiger partial charge in [0.15, 0.2) is 11.6 Å². The van der Waals surface area contributed by atoms with Gasteiger partial charge in [-0.15, -0.1) is 0 Å². The maximum Gasteiger partial charge on any atom is 0.171 e. The molecule has 0 saturated carbocycles. The van der Waals surface area contributed by atoms with Crippen LogP contribution in [0.25, 0.3) is 0 Å². The van der Waals surface area contributed by atoms with Crippen LogP contribution < -0.4 is 15.0 Å². The number of aromatic nitrogens is 1. The van der Waals surface area contributed by atoms with Gasteiger partial charge in [-0.25, -0.2) is 4.98 Å². The van der Waals surface area contributed by atoms with E-state index in [4.69, 9.17) is 4.74 Å². The first-order valence-corrected chi connectivity index (χ1v) is 6.18. The number of rotatable bonds is 7. The lowest BCUT2D eigenvalue weighted by molar-refractivity contribution is 0.242. The van der Waals surface area contributed by atoms with Crippen molar-refractivity contribution in [1.29, 1.82) is 0 Å². The van der Waals surface area contributed by atoms with Crippen molar-refractivity contribution in [1.82, 2.24) is 10.3 Å². The van der Waals surface area contributed by atoms with E-state index in [1.807, 2.05) is 33.0 Å². The highest BCUT2D eigenvalue weighted by molar-refractivity contribution is 5.51. The lowest BCUT2D eigenvalue weighted by Gasteiger charge is -2.22. The molecule has 1 aromatic rings. The number of likely N-dealkylation sites (N-methyl/N-ethyl adjacent to an activating group) is 2. The largest absolute Gasteiger partial charge is 0.487 e. The SMILES string of the molecule is CCNCCN(C)c1ncccc1OC(C)C. The van der Waals surface area contributed by atoms with Gasteiger partial charge in [-0.2, -0.15) is 0 Å². The monoisotopic (exact) mass is 237 g/mol. The first-order chi connectivity index (χ1) is 8.15. The molecule has 0 atom stereocenters. The van der Waals surface area contributed by atoms with Crippen molar-refractivity contribution in [2.75, 3.05) is 31.6 Å². The summed E-state index contributed by atoms with van der Waals surface area (Å²) in [6, 6.07) is 3.87. The minimum atomic E-state index is 0.167. The second-order valence-electron chi connectivity index (χ2n) is 4.27. The molecule has 0 aliphatic rings. The summed E-state index contributed by atoms with van der Waals surface area (Å²) in [6.07, 6.45) is 1.96. The zero-order chi connectivity index (χ0) is 12.7. The number of ether oxygens (including phenoxy) is 1. The first kappa shape index (κ1) is 13.8. The van der Waals surface area contributed by atoms with E-state index in [1.165, 1.54) is 0 Å². The second kappa shape index (κ2) is 7.12. The van der Waals surface area contributed by atoms with E-state index in [2.05, 4.69) is 22.1 Å². The molecule has 0 aliphatic carbocycles. The molecule has 0 radical (unpaired) electrons. The van der Waals surface area contributed by atoms with Gasteiger partial charge in [0, 0.05) is 26.3 Å². The third-order valence-electron chi connectivity index (χ3n) is 2.35. The van der Waals surface area contributed by atoms with Gasteiger partial charge in [-0.3, -0.25) is 0 Å². The molecule has 0 unspecified atom stereocenters. The molecule has 4 heteroatoms. The Morgan fingerprint density at radius 2 is 2.24 bits per heavy atom. The Hall–Kier alpha value is -1.29. The summed E-state index contributed by atoms with van der Waals surface area (Å²) in [7, 11) is 2.03. The van der Waals surface area contributed by atoms with Crippen LogP contribution >= 0.6 is 0 Å². The molecule has 0 aliphatic heterocycles. The Kier molecular flexibility index (Phi) is 5.77. The van der Waals surface area contributed by atoms with Crippen LogP contribution in [0.2, 0.25) is 0 Å². The normalized spacial score (nSPS) is 10.6. The van der Waals surface area contributed by atoms with Crippen LogP contribution in [0.3, 0.4) is 0 Å². The van der Waals surface area contributed by atoms with Gasteiger partial charge in [-0.05, 0) is 32.5 Å². The fourth-order valence-electron chi connectivity index (χ4n) is 1.54. The van der Waals surface area contributed by atoms with Crippen LogP contribution in [0, 0.1) is 0 Å². The lowest BCUT2D eigenvalue weighted by Crippen LogP contribution is -2.30. The second-order valence-corrected chi connectivity index (χ2v) is 4.27. The van der Waals surface area contributed by atoms with E-state index in [0.29, 0.717) is 0 Å². The summed E-state index contributed by atoms with van der Waals surface area (Å²) in [4.78, 5) is 6.50. The molecule has 1 aromatic heterocycles. The van der Waals surface area contributed by atoms with E-state index in [9.17, 15) is 0 Å². The van der Waals surface area contributed by atoms with Gasteiger partial charge in [0.1, 0.15) is 0 Å². The number of hydrogen-bond acceptors (Lipinski definition) is 4. The smallest absolute Gasteiger partial charge is 0.171 e. The maximum atomic E-state index is 5.75. The van der Waals surface area contributed by atoms with Crippen LogP contribution in [0.4, 0.5) is 5.82 Å². The summed E-state index contributed by atoms with van der Waals surface area (Å²) in [5.41, 5.74) is 0. The molecule has 0 aromatic carbocycles. The molecule has 1 N–H and O–H groups in total. The Balaban J connectivity index is 2.67. The molecule has 0 spiro atoms. The van der Waals surface area contributed by atoms with Gasteiger partial charge in [0.05, 0.1) is 6.10 Å². The number of hydrogen-bond donors (Lipinski definition) is 1. The van der Waals surface area contributed by atoms with Gasteiger partial charge in [0.2, 0.25) is 0 Å². The molecule has 96 valence electrons. The van der Waals surface area contributed by atoms with Crippen LogP contribution in [0.1, 0.15) is 20.8 Å². The fourth-order valence-corrected chi connectivity index (χ4v) is 1.54. The lowest BCUT2D eigenvalue weighted by atomic mass is 10.3. The quantitative estimate of drug-likeness (QED) is 0.735. The molecule has 1 rings (SSSR count). The van der Waals surface area contributed by atoms with E-state index in [-0.39, 0.29) is 6.10 Å². The standard InChI is InChI=1S/C13H23N3O/c1-5-14-9-10-16(4)13-12(17-11(2)3)7-6-8-15-13/h6-8,11,14H,5,9-10H2,1-4H3. The predicted octanol–water partition coefficient (Wildman–Crippen LogP) is 1.91. The molecule has 0 saturated heterocycles. The van der Waals surface area contributed by atoms with Gasteiger partial charge < -0.3 is 15.0 Å². The average molecular weight is 237 g/mol. The highest BCUT2D eigenvalue weighted by Crippen LogP contribution is 2.24. The van der Waals surface area contributed by atoms with Crippen molar-refractivity contribution < 1.29 is 4.74 Å². The van der Waals surface area contributed by atoms with Crippen LogP contribution in [0.5, 0.6) is 5.75 Å². The Morgan fingerprint density at radius 1 is 1.47 bits per heavy atom. The number of nitrogens with one attached hydrogen (secondary N) is 1. The minimum absolute atomic E-state index is 0.167. The van der Waals surface area contributed by atoms with Crippen LogP contribution in [0.15, 0.2) is 18.3 Å². The third kappa shape index (κ3) is 4.61. The predicted molar refractivity (Wildman–Crippen MR) is 71.8 cm³/mol. The Morgan fingerprint density at radius 3 is 2.88 bits per heavy atom. The van der Waals surface area contributed by atoms with Gasteiger partial charge in [0.25, 0.3) is 0 Å². The van der Waals surface area contributed by atoms with Crippen molar-refractivity contribution in [3.05, 3.63) is 18.3 Å². The number of nitrogens with zero attached hydrogens (tertiary/aromatic N) is 2. The first-order valence-electron chi connectivity index (χ1n) is 6.18. The highest BCUT2D eigenvalue weighted by Gasteiger charge is 2.10.